The smallest absolute Gasteiger partial charge is 0.246 e. The molecule has 0 aromatic rings. The molecule has 0 aromatic heterocycles. The van der Waals surface area contributed by atoms with Crippen molar-refractivity contribution in [1.29, 1.82) is 0 Å². The number of carbonyl (C=O) groups is 1. The maximum atomic E-state index is 12.0. The molecule has 0 N–H and O–H groups in total. The number of rotatable bonds is 3. The lowest BCUT2D eigenvalue weighted by atomic mass is 9.91. The second-order valence-corrected chi connectivity index (χ2v) is 5.90. The zero-order valence-corrected chi connectivity index (χ0v) is 12.0. The van der Waals surface area contributed by atoms with Gasteiger partial charge in [-0.1, -0.05) is 19.4 Å². The SMILES string of the molecule is CC(C)=CC(=O)N1C[C@H](C(C)C)[C@@H](N(C)C)C1. The lowest BCUT2D eigenvalue weighted by molar-refractivity contribution is -0.125. The molecular formula is C14H26N2O. The van der Waals surface area contributed by atoms with Gasteiger partial charge in [-0.2, -0.15) is 0 Å². The van der Waals surface area contributed by atoms with E-state index >= 15 is 0 Å². The Kier molecular flexibility index (Phi) is 4.75. The summed E-state index contributed by atoms with van der Waals surface area (Å²) >= 11 is 0. The van der Waals surface area contributed by atoms with Crippen molar-refractivity contribution in [2.45, 2.75) is 33.7 Å². The molecule has 3 heteroatoms. The van der Waals surface area contributed by atoms with Crippen LogP contribution < -0.4 is 0 Å². The second-order valence-electron chi connectivity index (χ2n) is 5.90. The minimum atomic E-state index is 0.167. The second kappa shape index (κ2) is 5.67. The molecule has 0 aliphatic carbocycles. The van der Waals surface area contributed by atoms with Gasteiger partial charge in [0.2, 0.25) is 5.91 Å². The molecule has 0 aromatic carbocycles. The normalized spacial score (nSPS) is 24.6. The van der Waals surface area contributed by atoms with E-state index in [1.807, 2.05) is 18.7 Å². The summed E-state index contributed by atoms with van der Waals surface area (Å²) in [5.74, 6) is 1.37. The van der Waals surface area contributed by atoms with Crippen LogP contribution in [0.5, 0.6) is 0 Å². The van der Waals surface area contributed by atoms with Gasteiger partial charge in [0.05, 0.1) is 0 Å². The Morgan fingerprint density at radius 2 is 1.88 bits per heavy atom. The van der Waals surface area contributed by atoms with Gasteiger partial charge in [0.1, 0.15) is 0 Å². The Balaban J connectivity index is 2.75. The lowest BCUT2D eigenvalue weighted by Crippen LogP contribution is -2.37. The summed E-state index contributed by atoms with van der Waals surface area (Å²) < 4.78 is 0. The first-order chi connectivity index (χ1) is 7.82. The number of hydrogen-bond donors (Lipinski definition) is 0. The molecule has 0 saturated carbocycles. The topological polar surface area (TPSA) is 23.6 Å². The van der Waals surface area contributed by atoms with Gasteiger partial charge >= 0.3 is 0 Å². The first-order valence-electron chi connectivity index (χ1n) is 6.43. The van der Waals surface area contributed by atoms with Crippen molar-refractivity contribution in [3.63, 3.8) is 0 Å². The van der Waals surface area contributed by atoms with Crippen LogP contribution in [0.4, 0.5) is 0 Å². The molecule has 0 radical (unpaired) electrons. The van der Waals surface area contributed by atoms with Crippen LogP contribution in [0.2, 0.25) is 0 Å². The highest BCUT2D eigenvalue weighted by atomic mass is 16.2. The molecule has 1 fully saturated rings. The van der Waals surface area contributed by atoms with Crippen molar-refractivity contribution in [3.05, 3.63) is 11.6 Å². The summed E-state index contributed by atoms with van der Waals surface area (Å²) in [7, 11) is 4.21. The Hall–Kier alpha value is -0.830. The molecular weight excluding hydrogens is 212 g/mol. The van der Waals surface area contributed by atoms with Crippen LogP contribution in [0, 0.1) is 11.8 Å². The Morgan fingerprint density at radius 1 is 1.29 bits per heavy atom. The van der Waals surface area contributed by atoms with Gasteiger partial charge < -0.3 is 9.80 Å². The molecule has 98 valence electrons. The zero-order chi connectivity index (χ0) is 13.2. The third-order valence-electron chi connectivity index (χ3n) is 3.58. The average Bonchev–Trinajstić information content (AvgIpc) is 2.60. The van der Waals surface area contributed by atoms with E-state index in [0.717, 1.165) is 18.7 Å². The zero-order valence-electron chi connectivity index (χ0n) is 12.0. The minimum absolute atomic E-state index is 0.167. The largest absolute Gasteiger partial charge is 0.337 e. The standard InChI is InChI=1S/C14H26N2O/c1-10(2)7-14(17)16-8-12(11(3)4)13(9-16)15(5)6/h7,11-13H,8-9H2,1-6H3/t12-,13+/m1/s1. The van der Waals surface area contributed by atoms with Crippen molar-refractivity contribution < 1.29 is 4.79 Å². The van der Waals surface area contributed by atoms with Crippen LogP contribution in [0.1, 0.15) is 27.7 Å². The van der Waals surface area contributed by atoms with E-state index in [2.05, 4.69) is 32.8 Å². The summed E-state index contributed by atoms with van der Waals surface area (Å²) in [6, 6.07) is 0.490. The van der Waals surface area contributed by atoms with E-state index < -0.39 is 0 Å². The van der Waals surface area contributed by atoms with Crippen LogP contribution in [0.15, 0.2) is 11.6 Å². The predicted octanol–water partition coefficient (Wildman–Crippen LogP) is 2.00. The molecule has 0 spiro atoms. The van der Waals surface area contributed by atoms with E-state index in [-0.39, 0.29) is 5.91 Å². The number of carbonyl (C=O) groups excluding carboxylic acids is 1. The van der Waals surface area contributed by atoms with Gasteiger partial charge in [-0.3, -0.25) is 4.79 Å². The first-order valence-corrected chi connectivity index (χ1v) is 6.43. The van der Waals surface area contributed by atoms with Crippen molar-refractivity contribution >= 4 is 5.91 Å². The number of likely N-dealkylation sites (tertiary alicyclic amines) is 1. The molecule has 1 heterocycles. The molecule has 1 aliphatic rings. The van der Waals surface area contributed by atoms with Gasteiger partial charge in [-0.25, -0.2) is 0 Å². The van der Waals surface area contributed by atoms with Gasteiger partial charge in [0, 0.05) is 25.2 Å². The van der Waals surface area contributed by atoms with E-state index in [0.29, 0.717) is 17.9 Å². The molecule has 3 nitrogen and oxygen atoms in total. The number of allylic oxidation sites excluding steroid dienone is 1. The molecule has 1 amide bonds. The molecule has 2 atom stereocenters. The minimum Gasteiger partial charge on any atom is -0.337 e. The maximum absolute atomic E-state index is 12.0. The number of hydrogen-bond acceptors (Lipinski definition) is 2. The fourth-order valence-corrected chi connectivity index (χ4v) is 2.53. The Morgan fingerprint density at radius 3 is 2.24 bits per heavy atom. The van der Waals surface area contributed by atoms with Crippen molar-refractivity contribution in [1.82, 2.24) is 9.80 Å². The number of amides is 1. The van der Waals surface area contributed by atoms with Crippen LogP contribution >= 0.6 is 0 Å². The highest BCUT2D eigenvalue weighted by molar-refractivity contribution is 5.88. The fourth-order valence-electron chi connectivity index (χ4n) is 2.53. The van der Waals surface area contributed by atoms with Gasteiger partial charge in [-0.05, 0) is 39.8 Å². The van der Waals surface area contributed by atoms with Crippen molar-refractivity contribution in [3.8, 4) is 0 Å². The summed E-state index contributed by atoms with van der Waals surface area (Å²) in [6.07, 6.45) is 1.75. The molecule has 1 saturated heterocycles. The highest BCUT2D eigenvalue weighted by Crippen LogP contribution is 2.27. The quantitative estimate of drug-likeness (QED) is 0.702. The van der Waals surface area contributed by atoms with Crippen LogP contribution in [-0.4, -0.2) is 48.9 Å². The fraction of sp³-hybridized carbons (Fsp3) is 0.786. The highest BCUT2D eigenvalue weighted by Gasteiger charge is 2.37. The molecule has 0 bridgehead atoms. The van der Waals surface area contributed by atoms with E-state index in [9.17, 15) is 4.79 Å². The van der Waals surface area contributed by atoms with Crippen molar-refractivity contribution in [2.75, 3.05) is 27.2 Å². The van der Waals surface area contributed by atoms with Crippen LogP contribution in [0.3, 0.4) is 0 Å². The average molecular weight is 238 g/mol. The predicted molar refractivity (Wildman–Crippen MR) is 71.8 cm³/mol. The summed E-state index contributed by atoms with van der Waals surface area (Å²) in [5.41, 5.74) is 1.07. The van der Waals surface area contributed by atoms with Gasteiger partial charge in [0.25, 0.3) is 0 Å². The molecule has 0 unspecified atom stereocenters. The Bertz CT molecular complexity index is 287. The Labute approximate surface area is 105 Å². The first kappa shape index (κ1) is 14.2. The number of likely N-dealkylation sites (N-methyl/N-ethyl adjacent to an activating group) is 1. The summed E-state index contributed by atoms with van der Waals surface area (Å²) in [6.45, 7) is 10.2. The maximum Gasteiger partial charge on any atom is 0.246 e. The van der Waals surface area contributed by atoms with Crippen molar-refractivity contribution in [2.24, 2.45) is 11.8 Å². The van der Waals surface area contributed by atoms with Crippen LogP contribution in [0.25, 0.3) is 0 Å². The number of nitrogens with zero attached hydrogens (tertiary/aromatic N) is 2. The van der Waals surface area contributed by atoms with Crippen LogP contribution in [-0.2, 0) is 4.79 Å². The molecule has 1 rings (SSSR count). The summed E-state index contributed by atoms with van der Waals surface area (Å²) in [5, 5.41) is 0. The molecule has 1 aliphatic heterocycles. The third-order valence-corrected chi connectivity index (χ3v) is 3.58. The monoisotopic (exact) mass is 238 g/mol. The third kappa shape index (κ3) is 3.56. The van der Waals surface area contributed by atoms with E-state index in [1.54, 1.807) is 6.08 Å². The van der Waals surface area contributed by atoms with E-state index in [4.69, 9.17) is 0 Å². The van der Waals surface area contributed by atoms with Gasteiger partial charge in [0.15, 0.2) is 0 Å². The van der Waals surface area contributed by atoms with E-state index in [1.165, 1.54) is 0 Å². The van der Waals surface area contributed by atoms with Gasteiger partial charge in [-0.15, -0.1) is 0 Å². The summed E-state index contributed by atoms with van der Waals surface area (Å²) in [4.78, 5) is 16.3. The lowest BCUT2D eigenvalue weighted by Gasteiger charge is -2.27. The molecule has 17 heavy (non-hydrogen) atoms.